The van der Waals surface area contributed by atoms with Crippen molar-refractivity contribution in [3.8, 4) is 0 Å². The summed E-state index contributed by atoms with van der Waals surface area (Å²) in [5.41, 5.74) is 1.23. The van der Waals surface area contributed by atoms with E-state index in [4.69, 9.17) is 23.2 Å². The van der Waals surface area contributed by atoms with Gasteiger partial charge in [-0.1, -0.05) is 27.5 Å². The molecule has 3 heteroatoms. The normalized spacial score (nSPS) is 10.2. The van der Waals surface area contributed by atoms with Crippen molar-refractivity contribution in [2.45, 2.75) is 12.8 Å². The molecule has 1 aromatic carbocycles. The van der Waals surface area contributed by atoms with E-state index in [-0.39, 0.29) is 0 Å². The highest BCUT2D eigenvalue weighted by Gasteiger charge is 1.97. The number of benzene rings is 1. The average molecular weight is 268 g/mol. The van der Waals surface area contributed by atoms with Gasteiger partial charge in [0.05, 0.1) is 0 Å². The predicted octanol–water partition coefficient (Wildman–Crippen LogP) is 4.27. The van der Waals surface area contributed by atoms with Crippen LogP contribution in [-0.4, -0.2) is 5.88 Å². The summed E-state index contributed by atoms with van der Waals surface area (Å²) in [6.45, 7) is 0. The summed E-state index contributed by atoms with van der Waals surface area (Å²) in [6.07, 6.45) is 1.98. The molecule has 0 fully saturated rings. The third kappa shape index (κ3) is 3.34. The first-order chi connectivity index (χ1) is 5.72. The molecule has 66 valence electrons. The highest BCUT2D eigenvalue weighted by molar-refractivity contribution is 9.10. The molecule has 0 saturated heterocycles. The Morgan fingerprint density at radius 2 is 2.00 bits per heavy atom. The summed E-state index contributed by atoms with van der Waals surface area (Å²) in [6, 6.07) is 5.92. The van der Waals surface area contributed by atoms with Crippen molar-refractivity contribution in [2.75, 3.05) is 5.88 Å². The van der Waals surface area contributed by atoms with Crippen LogP contribution < -0.4 is 0 Å². The van der Waals surface area contributed by atoms with Crippen molar-refractivity contribution in [2.24, 2.45) is 0 Å². The second-order valence-corrected chi connectivity index (χ2v) is 4.30. The molecule has 0 bridgehead atoms. The SMILES string of the molecule is ClCCCc1cc(Cl)cc(Br)c1. The Hall–Kier alpha value is 0.280. The lowest BCUT2D eigenvalue weighted by molar-refractivity contribution is 0.928. The van der Waals surface area contributed by atoms with Gasteiger partial charge in [0.1, 0.15) is 0 Å². The monoisotopic (exact) mass is 266 g/mol. The van der Waals surface area contributed by atoms with Gasteiger partial charge >= 0.3 is 0 Å². The molecule has 0 N–H and O–H groups in total. The zero-order valence-electron chi connectivity index (χ0n) is 6.49. The van der Waals surface area contributed by atoms with E-state index in [9.17, 15) is 0 Å². The van der Waals surface area contributed by atoms with Crippen LogP contribution in [0.2, 0.25) is 5.02 Å². The lowest BCUT2D eigenvalue weighted by atomic mass is 10.1. The van der Waals surface area contributed by atoms with Gasteiger partial charge in [0, 0.05) is 15.4 Å². The molecule has 0 amide bonds. The smallest absolute Gasteiger partial charge is 0.0419 e. The van der Waals surface area contributed by atoms with Crippen LogP contribution in [0.25, 0.3) is 0 Å². The fraction of sp³-hybridized carbons (Fsp3) is 0.333. The van der Waals surface area contributed by atoms with Crippen molar-refractivity contribution >= 4 is 39.1 Å². The maximum absolute atomic E-state index is 5.87. The highest BCUT2D eigenvalue weighted by atomic mass is 79.9. The highest BCUT2D eigenvalue weighted by Crippen LogP contribution is 2.20. The molecule has 0 heterocycles. The van der Waals surface area contributed by atoms with Crippen LogP contribution in [0, 0.1) is 0 Å². The zero-order chi connectivity index (χ0) is 8.97. The number of hydrogen-bond acceptors (Lipinski definition) is 0. The molecule has 12 heavy (non-hydrogen) atoms. The molecule has 0 aliphatic rings. The molecular formula is C9H9BrCl2. The van der Waals surface area contributed by atoms with Crippen molar-refractivity contribution < 1.29 is 0 Å². The first-order valence-corrected chi connectivity index (χ1v) is 5.44. The lowest BCUT2D eigenvalue weighted by Gasteiger charge is -2.00. The van der Waals surface area contributed by atoms with Crippen LogP contribution in [0.1, 0.15) is 12.0 Å². The molecule has 0 spiro atoms. The van der Waals surface area contributed by atoms with Crippen LogP contribution in [-0.2, 0) is 6.42 Å². The third-order valence-electron chi connectivity index (χ3n) is 1.52. The molecule has 1 aromatic rings. The topological polar surface area (TPSA) is 0 Å². The zero-order valence-corrected chi connectivity index (χ0v) is 9.59. The van der Waals surface area contributed by atoms with Gasteiger partial charge < -0.3 is 0 Å². The maximum Gasteiger partial charge on any atom is 0.0419 e. The Morgan fingerprint density at radius 3 is 2.58 bits per heavy atom. The van der Waals surface area contributed by atoms with Gasteiger partial charge in [-0.15, -0.1) is 11.6 Å². The Balaban J connectivity index is 2.72. The largest absolute Gasteiger partial charge is 0.127 e. The first-order valence-electron chi connectivity index (χ1n) is 3.73. The van der Waals surface area contributed by atoms with Gasteiger partial charge in [-0.2, -0.15) is 0 Å². The minimum atomic E-state index is 0.699. The first kappa shape index (κ1) is 10.4. The summed E-state index contributed by atoms with van der Waals surface area (Å²) in [4.78, 5) is 0. The molecule has 0 radical (unpaired) electrons. The van der Waals surface area contributed by atoms with Crippen molar-refractivity contribution in [3.05, 3.63) is 33.3 Å². The number of halogens is 3. The van der Waals surface area contributed by atoms with E-state index in [1.807, 2.05) is 12.1 Å². The summed E-state index contributed by atoms with van der Waals surface area (Å²) < 4.78 is 1.03. The van der Waals surface area contributed by atoms with Gasteiger partial charge in [0.25, 0.3) is 0 Å². The molecule has 0 aliphatic carbocycles. The van der Waals surface area contributed by atoms with Crippen LogP contribution in [0.15, 0.2) is 22.7 Å². The van der Waals surface area contributed by atoms with Crippen LogP contribution >= 0.6 is 39.1 Å². The molecule has 0 atom stereocenters. The van der Waals surface area contributed by atoms with Gasteiger partial charge in [0.2, 0.25) is 0 Å². The third-order valence-corrected chi connectivity index (χ3v) is 2.46. The Morgan fingerprint density at radius 1 is 1.25 bits per heavy atom. The van der Waals surface area contributed by atoms with Gasteiger partial charge in [0.15, 0.2) is 0 Å². The van der Waals surface area contributed by atoms with E-state index in [1.165, 1.54) is 5.56 Å². The molecule has 0 aromatic heterocycles. The van der Waals surface area contributed by atoms with E-state index in [2.05, 4.69) is 22.0 Å². The van der Waals surface area contributed by atoms with Crippen LogP contribution in [0.3, 0.4) is 0 Å². The van der Waals surface area contributed by atoms with E-state index in [1.54, 1.807) is 0 Å². The van der Waals surface area contributed by atoms with E-state index in [0.29, 0.717) is 5.88 Å². The molecule has 0 unspecified atom stereocenters. The number of rotatable bonds is 3. The van der Waals surface area contributed by atoms with Crippen LogP contribution in [0.4, 0.5) is 0 Å². The average Bonchev–Trinajstić information content (AvgIpc) is 1.99. The summed E-state index contributed by atoms with van der Waals surface area (Å²) in [5, 5.41) is 0.772. The number of alkyl halides is 1. The van der Waals surface area contributed by atoms with Gasteiger partial charge in [-0.3, -0.25) is 0 Å². The molecular weight excluding hydrogens is 259 g/mol. The van der Waals surface area contributed by atoms with Crippen molar-refractivity contribution in [1.29, 1.82) is 0 Å². The Kier molecular flexibility index (Phi) is 4.41. The number of aryl methyl sites for hydroxylation is 1. The lowest BCUT2D eigenvalue weighted by Crippen LogP contribution is -1.86. The second-order valence-electron chi connectivity index (χ2n) is 2.57. The second kappa shape index (κ2) is 5.11. The summed E-state index contributed by atoms with van der Waals surface area (Å²) in [7, 11) is 0. The molecule has 0 nitrogen and oxygen atoms in total. The Bertz CT molecular complexity index is 240. The van der Waals surface area contributed by atoms with E-state index >= 15 is 0 Å². The Labute approximate surface area is 91.0 Å². The van der Waals surface area contributed by atoms with Crippen molar-refractivity contribution in [1.82, 2.24) is 0 Å². The van der Waals surface area contributed by atoms with Gasteiger partial charge in [-0.25, -0.2) is 0 Å². The molecule has 1 rings (SSSR count). The quantitative estimate of drug-likeness (QED) is 0.718. The molecule has 0 saturated carbocycles. The van der Waals surface area contributed by atoms with E-state index < -0.39 is 0 Å². The maximum atomic E-state index is 5.87. The van der Waals surface area contributed by atoms with Crippen molar-refractivity contribution in [3.63, 3.8) is 0 Å². The molecule has 0 aliphatic heterocycles. The summed E-state index contributed by atoms with van der Waals surface area (Å²) in [5.74, 6) is 0.699. The summed E-state index contributed by atoms with van der Waals surface area (Å²) >= 11 is 14.8. The minimum Gasteiger partial charge on any atom is -0.127 e. The van der Waals surface area contributed by atoms with Gasteiger partial charge in [-0.05, 0) is 36.6 Å². The van der Waals surface area contributed by atoms with E-state index in [0.717, 1.165) is 22.3 Å². The fourth-order valence-electron chi connectivity index (χ4n) is 1.03. The standard InChI is InChI=1S/C9H9BrCl2/c10-8-4-7(2-1-3-11)5-9(12)6-8/h4-6H,1-3H2. The minimum absolute atomic E-state index is 0.699. The number of hydrogen-bond donors (Lipinski definition) is 0. The van der Waals surface area contributed by atoms with Crippen LogP contribution in [0.5, 0.6) is 0 Å². The predicted molar refractivity (Wildman–Crippen MR) is 58.2 cm³/mol. The fourth-order valence-corrected chi connectivity index (χ4v) is 2.09.